The molecule has 1 aromatic carbocycles. The van der Waals surface area contributed by atoms with E-state index >= 15 is 0 Å². The van der Waals surface area contributed by atoms with Crippen LogP contribution in [0.3, 0.4) is 0 Å². The predicted octanol–water partition coefficient (Wildman–Crippen LogP) is 4.18. The Balaban J connectivity index is 1.51. The molecule has 0 unspecified atom stereocenters. The standard InChI is InChI=1S/C25H27N5O3/c1-15(17-6-8-22(32-4)23(11-17)33-5)29-24(31)9-7-18-12-26-25-20(18)10-19(13-27-25)21-14-28-30(3)16(21)2/h6-15H,1-5H3,(H,26,27)(H,29,31)/b9-7+/t15-/m1/s1. The van der Waals surface area contributed by atoms with Crippen LogP contribution in [0.25, 0.3) is 28.2 Å². The van der Waals surface area contributed by atoms with Crippen LogP contribution >= 0.6 is 0 Å². The summed E-state index contributed by atoms with van der Waals surface area (Å²) in [4.78, 5) is 20.3. The summed E-state index contributed by atoms with van der Waals surface area (Å²) in [6.45, 7) is 3.94. The molecule has 0 spiro atoms. The average molecular weight is 446 g/mol. The number of hydrogen-bond acceptors (Lipinski definition) is 5. The van der Waals surface area contributed by atoms with Crippen molar-refractivity contribution in [3.8, 4) is 22.6 Å². The highest BCUT2D eigenvalue weighted by Crippen LogP contribution is 2.30. The highest BCUT2D eigenvalue weighted by atomic mass is 16.5. The van der Waals surface area contributed by atoms with E-state index in [1.807, 2.05) is 62.4 Å². The summed E-state index contributed by atoms with van der Waals surface area (Å²) >= 11 is 0. The maximum atomic E-state index is 12.6. The number of carbonyl (C=O) groups is 1. The van der Waals surface area contributed by atoms with E-state index < -0.39 is 0 Å². The quantitative estimate of drug-likeness (QED) is 0.416. The summed E-state index contributed by atoms with van der Waals surface area (Å²) in [6, 6.07) is 7.45. The fourth-order valence-electron chi connectivity index (χ4n) is 3.72. The molecule has 2 N–H and O–H groups in total. The zero-order valence-corrected chi connectivity index (χ0v) is 19.3. The first-order chi connectivity index (χ1) is 15.9. The van der Waals surface area contributed by atoms with Crippen LogP contribution in [-0.4, -0.2) is 39.9 Å². The number of ether oxygens (including phenoxy) is 2. The smallest absolute Gasteiger partial charge is 0.244 e. The number of aromatic nitrogens is 4. The van der Waals surface area contributed by atoms with E-state index in [0.29, 0.717) is 11.5 Å². The van der Waals surface area contributed by atoms with Gasteiger partial charge in [0.15, 0.2) is 11.5 Å². The molecule has 0 saturated carbocycles. The summed E-state index contributed by atoms with van der Waals surface area (Å²) in [7, 11) is 5.09. The van der Waals surface area contributed by atoms with Gasteiger partial charge in [-0.15, -0.1) is 0 Å². The first-order valence-electron chi connectivity index (χ1n) is 10.6. The van der Waals surface area contributed by atoms with E-state index in [0.717, 1.165) is 39.0 Å². The Labute approximate surface area is 192 Å². The molecule has 3 heterocycles. The molecule has 0 fully saturated rings. The number of rotatable bonds is 7. The van der Waals surface area contributed by atoms with Crippen LogP contribution in [0.15, 0.2) is 48.9 Å². The van der Waals surface area contributed by atoms with Crippen LogP contribution in [0.4, 0.5) is 0 Å². The van der Waals surface area contributed by atoms with Gasteiger partial charge in [-0.2, -0.15) is 5.10 Å². The number of benzene rings is 1. The molecule has 8 heteroatoms. The molecule has 0 aliphatic rings. The Bertz CT molecular complexity index is 1340. The maximum absolute atomic E-state index is 12.6. The third-order valence-electron chi connectivity index (χ3n) is 5.79. The van der Waals surface area contributed by atoms with Crippen molar-refractivity contribution >= 4 is 23.0 Å². The van der Waals surface area contributed by atoms with Crippen molar-refractivity contribution in [2.45, 2.75) is 19.9 Å². The van der Waals surface area contributed by atoms with Gasteiger partial charge in [0, 0.05) is 53.3 Å². The van der Waals surface area contributed by atoms with Gasteiger partial charge >= 0.3 is 0 Å². The lowest BCUT2D eigenvalue weighted by Crippen LogP contribution is -2.24. The molecule has 0 aliphatic heterocycles. The van der Waals surface area contributed by atoms with Crippen molar-refractivity contribution in [3.63, 3.8) is 0 Å². The SMILES string of the molecule is COc1ccc([C@@H](C)NC(=O)/C=C/c2c[nH]c3ncc(-c4cnn(C)c4C)cc23)cc1OC. The number of pyridine rings is 1. The number of hydrogen-bond donors (Lipinski definition) is 2. The minimum Gasteiger partial charge on any atom is -0.493 e. The number of aryl methyl sites for hydroxylation is 1. The summed E-state index contributed by atoms with van der Waals surface area (Å²) in [5.74, 6) is 1.07. The third kappa shape index (κ3) is 4.45. The van der Waals surface area contributed by atoms with E-state index in [-0.39, 0.29) is 11.9 Å². The van der Waals surface area contributed by atoms with Crippen LogP contribution in [0, 0.1) is 6.92 Å². The van der Waals surface area contributed by atoms with Gasteiger partial charge in [0.05, 0.1) is 26.5 Å². The molecule has 1 atom stereocenters. The summed E-state index contributed by atoms with van der Waals surface area (Å²) in [5, 5.41) is 8.24. The summed E-state index contributed by atoms with van der Waals surface area (Å²) in [6.07, 6.45) is 8.83. The largest absolute Gasteiger partial charge is 0.493 e. The molecule has 0 aliphatic carbocycles. The first kappa shape index (κ1) is 22.1. The van der Waals surface area contributed by atoms with Gasteiger partial charge in [-0.25, -0.2) is 4.98 Å². The molecule has 4 rings (SSSR count). The van der Waals surface area contributed by atoms with Gasteiger partial charge in [0.1, 0.15) is 5.65 Å². The van der Waals surface area contributed by atoms with Crippen LogP contribution in [-0.2, 0) is 11.8 Å². The number of amides is 1. The van der Waals surface area contributed by atoms with Crippen molar-refractivity contribution < 1.29 is 14.3 Å². The van der Waals surface area contributed by atoms with Gasteiger partial charge < -0.3 is 19.8 Å². The Kier molecular flexibility index (Phi) is 6.17. The van der Waals surface area contributed by atoms with Crippen molar-refractivity contribution in [3.05, 3.63) is 65.8 Å². The second-order valence-electron chi connectivity index (χ2n) is 7.81. The number of fused-ring (bicyclic) bond motifs is 1. The van der Waals surface area contributed by atoms with Crippen molar-refractivity contribution in [2.24, 2.45) is 7.05 Å². The zero-order valence-electron chi connectivity index (χ0n) is 19.3. The Morgan fingerprint density at radius 1 is 1.18 bits per heavy atom. The minimum atomic E-state index is -0.202. The van der Waals surface area contributed by atoms with Crippen molar-refractivity contribution in [1.82, 2.24) is 25.1 Å². The van der Waals surface area contributed by atoms with E-state index in [2.05, 4.69) is 26.4 Å². The predicted molar refractivity (Wildman–Crippen MR) is 128 cm³/mol. The highest BCUT2D eigenvalue weighted by Gasteiger charge is 2.13. The molecule has 0 bridgehead atoms. The summed E-state index contributed by atoms with van der Waals surface area (Å²) in [5.41, 5.74) is 5.64. The molecule has 170 valence electrons. The Morgan fingerprint density at radius 2 is 1.97 bits per heavy atom. The van der Waals surface area contributed by atoms with Gasteiger partial charge in [-0.3, -0.25) is 9.48 Å². The molecule has 1 amide bonds. The molecule has 0 radical (unpaired) electrons. The molecule has 0 saturated heterocycles. The number of methoxy groups -OCH3 is 2. The van der Waals surface area contributed by atoms with Crippen LogP contribution < -0.4 is 14.8 Å². The van der Waals surface area contributed by atoms with E-state index in [1.165, 1.54) is 6.08 Å². The molecule has 8 nitrogen and oxygen atoms in total. The number of H-pyrrole nitrogens is 1. The monoisotopic (exact) mass is 445 g/mol. The Morgan fingerprint density at radius 3 is 2.67 bits per heavy atom. The van der Waals surface area contributed by atoms with Gasteiger partial charge in [-0.1, -0.05) is 6.07 Å². The number of aromatic amines is 1. The number of nitrogens with one attached hydrogen (secondary N) is 2. The lowest BCUT2D eigenvalue weighted by molar-refractivity contribution is -0.117. The summed E-state index contributed by atoms with van der Waals surface area (Å²) < 4.78 is 12.5. The minimum absolute atomic E-state index is 0.196. The van der Waals surface area contributed by atoms with Crippen LogP contribution in [0.2, 0.25) is 0 Å². The average Bonchev–Trinajstić information content (AvgIpc) is 3.39. The van der Waals surface area contributed by atoms with Crippen LogP contribution in [0.1, 0.15) is 29.8 Å². The lowest BCUT2D eigenvalue weighted by Gasteiger charge is -2.15. The maximum Gasteiger partial charge on any atom is 0.244 e. The van der Waals surface area contributed by atoms with Gasteiger partial charge in [0.2, 0.25) is 5.91 Å². The fourth-order valence-corrected chi connectivity index (χ4v) is 3.72. The van der Waals surface area contributed by atoms with E-state index in [1.54, 1.807) is 20.3 Å². The number of carbonyl (C=O) groups excluding carboxylic acids is 1. The molecule has 3 aromatic heterocycles. The highest BCUT2D eigenvalue weighted by molar-refractivity contribution is 5.96. The van der Waals surface area contributed by atoms with Gasteiger partial charge in [0.25, 0.3) is 0 Å². The van der Waals surface area contributed by atoms with E-state index in [9.17, 15) is 4.79 Å². The normalized spacial score (nSPS) is 12.3. The first-order valence-corrected chi connectivity index (χ1v) is 10.6. The Hall–Kier alpha value is -4.07. The lowest BCUT2D eigenvalue weighted by atomic mass is 10.1. The van der Waals surface area contributed by atoms with E-state index in [4.69, 9.17) is 9.47 Å². The van der Waals surface area contributed by atoms with Crippen molar-refractivity contribution in [1.29, 1.82) is 0 Å². The molecule has 4 aromatic rings. The van der Waals surface area contributed by atoms with Crippen LogP contribution in [0.5, 0.6) is 11.5 Å². The topological polar surface area (TPSA) is 94.1 Å². The molecule has 33 heavy (non-hydrogen) atoms. The second-order valence-corrected chi connectivity index (χ2v) is 7.81. The third-order valence-corrected chi connectivity index (χ3v) is 5.79. The zero-order chi connectivity index (χ0) is 23.5. The molecular weight excluding hydrogens is 418 g/mol. The second kappa shape index (κ2) is 9.20. The van der Waals surface area contributed by atoms with Crippen molar-refractivity contribution in [2.75, 3.05) is 14.2 Å². The number of nitrogens with zero attached hydrogens (tertiary/aromatic N) is 3. The van der Waals surface area contributed by atoms with Gasteiger partial charge in [-0.05, 0) is 43.7 Å². The fraction of sp³-hybridized carbons (Fsp3) is 0.240. The molecular formula is C25H27N5O3.